The van der Waals surface area contributed by atoms with Crippen LogP contribution in [0.4, 0.5) is 0 Å². The Balaban J connectivity index is 4.11. The van der Waals surface area contributed by atoms with E-state index in [0.29, 0.717) is 26.1 Å². The highest BCUT2D eigenvalue weighted by Crippen LogP contribution is 2.15. The van der Waals surface area contributed by atoms with Crippen molar-refractivity contribution >= 4 is 11.9 Å². The first kappa shape index (κ1) is 48.9. The maximum atomic E-state index is 12.6. The largest absolute Gasteiger partial charge is 0.462 e. The first-order chi connectivity index (χ1) is 24.6. The monoisotopic (exact) mass is 709 g/mol. The van der Waals surface area contributed by atoms with Crippen molar-refractivity contribution in [2.24, 2.45) is 0 Å². The van der Waals surface area contributed by atoms with Gasteiger partial charge in [0.05, 0.1) is 6.61 Å². The number of carbonyl (C=O) groups excluding carboxylic acids is 2. The summed E-state index contributed by atoms with van der Waals surface area (Å²) in [4.78, 5) is 25.1. The molecule has 0 heterocycles. The summed E-state index contributed by atoms with van der Waals surface area (Å²) in [7, 11) is 0. The molecule has 0 aliphatic rings. The molecule has 5 nitrogen and oxygen atoms in total. The smallest absolute Gasteiger partial charge is 0.306 e. The van der Waals surface area contributed by atoms with Crippen molar-refractivity contribution in [3.8, 4) is 0 Å². The van der Waals surface area contributed by atoms with Crippen LogP contribution < -0.4 is 0 Å². The molecule has 0 rings (SSSR count). The van der Waals surface area contributed by atoms with Crippen molar-refractivity contribution in [2.45, 2.75) is 258 Å². The van der Waals surface area contributed by atoms with E-state index in [-0.39, 0.29) is 18.5 Å². The molecule has 298 valence electrons. The number of hydrogen-bond acceptors (Lipinski definition) is 5. The summed E-state index contributed by atoms with van der Waals surface area (Å²) in [5, 5.41) is 0. The van der Waals surface area contributed by atoms with E-state index < -0.39 is 6.10 Å². The molecular formula is C45H88O5. The molecule has 0 saturated carbocycles. The highest BCUT2D eigenvalue weighted by molar-refractivity contribution is 5.70. The van der Waals surface area contributed by atoms with Crippen LogP contribution in [0.5, 0.6) is 0 Å². The molecule has 0 aromatic rings. The fourth-order valence-electron chi connectivity index (χ4n) is 6.75. The van der Waals surface area contributed by atoms with Crippen LogP contribution in [0.1, 0.15) is 252 Å². The van der Waals surface area contributed by atoms with E-state index in [4.69, 9.17) is 14.2 Å². The van der Waals surface area contributed by atoms with Gasteiger partial charge in [0, 0.05) is 19.4 Å². The van der Waals surface area contributed by atoms with E-state index in [1.54, 1.807) is 0 Å². The van der Waals surface area contributed by atoms with Gasteiger partial charge in [-0.05, 0) is 19.3 Å². The Hall–Kier alpha value is -1.10. The predicted octanol–water partition coefficient (Wildman–Crippen LogP) is 14.6. The summed E-state index contributed by atoms with van der Waals surface area (Å²) in [5.74, 6) is -0.385. The Morgan fingerprint density at radius 2 is 0.660 bits per heavy atom. The van der Waals surface area contributed by atoms with Gasteiger partial charge in [0.15, 0.2) is 6.10 Å². The van der Waals surface area contributed by atoms with Crippen LogP contribution >= 0.6 is 0 Å². The highest BCUT2D eigenvalue weighted by atomic mass is 16.6. The standard InChI is InChI=1S/C45H88O5/c1-4-7-10-13-16-19-20-21-22-23-24-25-28-31-34-37-40-48-41-43(50-45(47)39-36-33-30-27-18-15-12-9-6-3)42-49-44(46)38-35-32-29-26-17-14-11-8-5-2/h43H,4-42H2,1-3H3. The molecule has 0 bridgehead atoms. The molecule has 50 heavy (non-hydrogen) atoms. The Kier molecular flexibility index (Phi) is 41.4. The predicted molar refractivity (Wildman–Crippen MR) is 215 cm³/mol. The summed E-state index contributed by atoms with van der Waals surface area (Å²) in [6.45, 7) is 7.84. The molecule has 0 amide bonds. The second-order valence-electron chi connectivity index (χ2n) is 15.3. The van der Waals surface area contributed by atoms with Crippen LogP contribution in [-0.4, -0.2) is 37.9 Å². The zero-order valence-electron chi connectivity index (χ0n) is 34.2. The van der Waals surface area contributed by atoms with E-state index in [9.17, 15) is 9.59 Å². The fourth-order valence-corrected chi connectivity index (χ4v) is 6.75. The van der Waals surface area contributed by atoms with E-state index in [1.165, 1.54) is 186 Å². The van der Waals surface area contributed by atoms with E-state index in [0.717, 1.165) is 32.1 Å². The molecule has 0 aliphatic heterocycles. The third kappa shape index (κ3) is 39.7. The number of ether oxygens (including phenoxy) is 3. The van der Waals surface area contributed by atoms with Gasteiger partial charge in [-0.25, -0.2) is 0 Å². The zero-order valence-corrected chi connectivity index (χ0v) is 34.2. The van der Waals surface area contributed by atoms with Gasteiger partial charge in [-0.1, -0.05) is 220 Å². The lowest BCUT2D eigenvalue weighted by Crippen LogP contribution is -2.30. The summed E-state index contributed by atoms with van der Waals surface area (Å²) in [5.41, 5.74) is 0. The van der Waals surface area contributed by atoms with Crippen LogP contribution in [0.3, 0.4) is 0 Å². The lowest BCUT2D eigenvalue weighted by Gasteiger charge is -2.18. The molecule has 0 N–H and O–H groups in total. The van der Waals surface area contributed by atoms with Crippen molar-refractivity contribution in [3.63, 3.8) is 0 Å². The average Bonchev–Trinajstić information content (AvgIpc) is 3.11. The number of esters is 2. The normalized spacial score (nSPS) is 12.0. The van der Waals surface area contributed by atoms with Gasteiger partial charge >= 0.3 is 11.9 Å². The van der Waals surface area contributed by atoms with Gasteiger partial charge in [-0.2, -0.15) is 0 Å². The van der Waals surface area contributed by atoms with Crippen molar-refractivity contribution in [1.29, 1.82) is 0 Å². The third-order valence-corrected chi connectivity index (χ3v) is 10.1. The summed E-state index contributed by atoms with van der Waals surface area (Å²) >= 11 is 0. The molecular weight excluding hydrogens is 620 g/mol. The summed E-state index contributed by atoms with van der Waals surface area (Å²) in [6.07, 6.45) is 43.9. The van der Waals surface area contributed by atoms with Crippen LogP contribution in [0.25, 0.3) is 0 Å². The molecule has 0 saturated heterocycles. The molecule has 0 aliphatic carbocycles. The Morgan fingerprint density at radius 3 is 1.02 bits per heavy atom. The topological polar surface area (TPSA) is 61.8 Å². The van der Waals surface area contributed by atoms with Gasteiger partial charge in [-0.3, -0.25) is 9.59 Å². The highest BCUT2D eigenvalue weighted by Gasteiger charge is 2.17. The molecule has 0 radical (unpaired) electrons. The third-order valence-electron chi connectivity index (χ3n) is 10.1. The van der Waals surface area contributed by atoms with Crippen LogP contribution in [0.2, 0.25) is 0 Å². The number of carbonyl (C=O) groups is 2. The fraction of sp³-hybridized carbons (Fsp3) is 0.956. The maximum Gasteiger partial charge on any atom is 0.306 e. The second kappa shape index (κ2) is 42.3. The van der Waals surface area contributed by atoms with Crippen molar-refractivity contribution in [3.05, 3.63) is 0 Å². The molecule has 0 aromatic heterocycles. The van der Waals surface area contributed by atoms with Crippen molar-refractivity contribution < 1.29 is 23.8 Å². The van der Waals surface area contributed by atoms with Crippen LogP contribution in [-0.2, 0) is 23.8 Å². The first-order valence-corrected chi connectivity index (χ1v) is 22.6. The van der Waals surface area contributed by atoms with Crippen molar-refractivity contribution in [2.75, 3.05) is 19.8 Å². The molecule has 0 spiro atoms. The minimum absolute atomic E-state index is 0.0960. The summed E-state index contributed by atoms with van der Waals surface area (Å²) in [6, 6.07) is 0. The minimum Gasteiger partial charge on any atom is -0.462 e. The second-order valence-corrected chi connectivity index (χ2v) is 15.3. The number of rotatable bonds is 42. The zero-order chi connectivity index (χ0) is 36.4. The lowest BCUT2D eigenvalue weighted by atomic mass is 10.0. The average molecular weight is 709 g/mol. The van der Waals surface area contributed by atoms with Gasteiger partial charge in [-0.15, -0.1) is 0 Å². The Bertz CT molecular complexity index is 680. The SMILES string of the molecule is CCCCCCCCCCCCCCCCCCOCC(COC(=O)CCCCCCCCCCC)OC(=O)CCCCCCCCCCC. The Morgan fingerprint density at radius 1 is 0.360 bits per heavy atom. The van der Waals surface area contributed by atoms with E-state index in [1.807, 2.05) is 0 Å². The molecule has 0 fully saturated rings. The van der Waals surface area contributed by atoms with E-state index in [2.05, 4.69) is 20.8 Å². The Labute approximate surface area is 312 Å². The number of hydrogen-bond donors (Lipinski definition) is 0. The first-order valence-electron chi connectivity index (χ1n) is 22.6. The summed E-state index contributed by atoms with van der Waals surface area (Å²) < 4.78 is 17.3. The van der Waals surface area contributed by atoms with Crippen LogP contribution in [0.15, 0.2) is 0 Å². The van der Waals surface area contributed by atoms with Gasteiger partial charge in [0.25, 0.3) is 0 Å². The lowest BCUT2D eigenvalue weighted by molar-refractivity contribution is -0.163. The van der Waals surface area contributed by atoms with Crippen molar-refractivity contribution in [1.82, 2.24) is 0 Å². The van der Waals surface area contributed by atoms with E-state index >= 15 is 0 Å². The number of unbranched alkanes of at least 4 members (excludes halogenated alkanes) is 31. The van der Waals surface area contributed by atoms with Crippen LogP contribution in [0, 0.1) is 0 Å². The van der Waals surface area contributed by atoms with Gasteiger partial charge < -0.3 is 14.2 Å². The maximum absolute atomic E-state index is 12.6. The molecule has 1 atom stereocenters. The molecule has 0 aromatic carbocycles. The van der Waals surface area contributed by atoms with Gasteiger partial charge in [0.2, 0.25) is 0 Å². The van der Waals surface area contributed by atoms with Gasteiger partial charge in [0.1, 0.15) is 6.61 Å². The quantitative estimate of drug-likeness (QED) is 0.0466. The molecule has 5 heteroatoms. The molecule has 1 unspecified atom stereocenters. The minimum atomic E-state index is -0.519.